The number of piperazine rings is 1. The first-order valence-electron chi connectivity index (χ1n) is 6.46. The largest absolute Gasteiger partial charge is 0.367 e. The van der Waals surface area contributed by atoms with Crippen LogP contribution in [-0.4, -0.2) is 42.0 Å². The maximum Gasteiger partial charge on any atom is 0.222 e. The van der Waals surface area contributed by atoms with Crippen LogP contribution in [0.4, 0.5) is 0 Å². The van der Waals surface area contributed by atoms with Gasteiger partial charge in [0.1, 0.15) is 0 Å². The lowest BCUT2D eigenvalue weighted by Crippen LogP contribution is -2.46. The summed E-state index contributed by atoms with van der Waals surface area (Å²) in [5.41, 5.74) is 1.33. The summed E-state index contributed by atoms with van der Waals surface area (Å²) in [5, 5.41) is 3.26. The Labute approximate surface area is 102 Å². The molecule has 4 nitrogen and oxygen atoms in total. The third-order valence-corrected chi connectivity index (χ3v) is 3.24. The van der Waals surface area contributed by atoms with Crippen LogP contribution < -0.4 is 5.32 Å². The first-order chi connectivity index (χ1) is 8.36. The van der Waals surface area contributed by atoms with Crippen LogP contribution in [0.5, 0.6) is 0 Å². The van der Waals surface area contributed by atoms with E-state index in [4.69, 9.17) is 0 Å². The summed E-state index contributed by atoms with van der Waals surface area (Å²) in [6.45, 7) is 3.62. The van der Waals surface area contributed by atoms with Gasteiger partial charge in [0, 0.05) is 45.0 Å². The van der Waals surface area contributed by atoms with Gasteiger partial charge in [0.05, 0.1) is 0 Å². The van der Waals surface area contributed by atoms with Crippen LogP contribution in [0.2, 0.25) is 0 Å². The van der Waals surface area contributed by atoms with E-state index >= 15 is 0 Å². The normalized spacial score (nSPS) is 16.1. The predicted molar refractivity (Wildman–Crippen MR) is 67.8 cm³/mol. The molecule has 2 rings (SSSR count). The topological polar surface area (TPSA) is 48.1 Å². The Bertz CT molecular complexity index is 328. The Hall–Kier alpha value is -1.29. The molecule has 0 unspecified atom stereocenters. The molecule has 94 valence electrons. The number of aromatic amines is 1. The standard InChI is InChI=1S/C13H21N3O/c17-13(16-9-7-14-8-10-16)4-2-1-3-12-5-6-15-11-12/h5-6,11,14-15H,1-4,7-10H2. The van der Waals surface area contributed by atoms with Crippen molar-refractivity contribution in [2.45, 2.75) is 25.7 Å². The van der Waals surface area contributed by atoms with Crippen LogP contribution in [-0.2, 0) is 11.2 Å². The number of rotatable bonds is 5. The molecule has 1 aromatic rings. The zero-order valence-corrected chi connectivity index (χ0v) is 10.2. The number of nitrogens with one attached hydrogen (secondary N) is 2. The molecule has 17 heavy (non-hydrogen) atoms. The van der Waals surface area contributed by atoms with Crippen molar-refractivity contribution in [1.29, 1.82) is 0 Å². The SMILES string of the molecule is O=C(CCCCc1cc[nH]c1)N1CCNCC1. The van der Waals surface area contributed by atoms with Gasteiger partial charge in [-0.2, -0.15) is 0 Å². The minimum atomic E-state index is 0.320. The Kier molecular flexibility index (Phi) is 4.62. The van der Waals surface area contributed by atoms with Crippen LogP contribution in [0.1, 0.15) is 24.8 Å². The van der Waals surface area contributed by atoms with E-state index in [1.54, 1.807) is 0 Å². The lowest BCUT2D eigenvalue weighted by molar-refractivity contribution is -0.131. The van der Waals surface area contributed by atoms with Crippen molar-refractivity contribution in [3.8, 4) is 0 Å². The molecule has 0 spiro atoms. The second-order valence-electron chi connectivity index (χ2n) is 4.56. The summed E-state index contributed by atoms with van der Waals surface area (Å²) in [7, 11) is 0. The fourth-order valence-corrected chi connectivity index (χ4v) is 2.19. The number of H-pyrrole nitrogens is 1. The van der Waals surface area contributed by atoms with Gasteiger partial charge in [-0.1, -0.05) is 0 Å². The summed E-state index contributed by atoms with van der Waals surface area (Å²) in [5.74, 6) is 0.320. The highest BCUT2D eigenvalue weighted by Crippen LogP contribution is 2.07. The van der Waals surface area contributed by atoms with Gasteiger partial charge >= 0.3 is 0 Å². The number of amides is 1. The van der Waals surface area contributed by atoms with Gasteiger partial charge < -0.3 is 15.2 Å². The van der Waals surface area contributed by atoms with E-state index in [0.29, 0.717) is 12.3 Å². The molecule has 1 saturated heterocycles. The molecule has 1 aromatic heterocycles. The van der Waals surface area contributed by atoms with Gasteiger partial charge in [0.15, 0.2) is 0 Å². The molecule has 0 radical (unpaired) electrons. The first kappa shape index (κ1) is 12.2. The molecule has 2 heterocycles. The summed E-state index contributed by atoms with van der Waals surface area (Å²) in [4.78, 5) is 16.9. The lowest BCUT2D eigenvalue weighted by Gasteiger charge is -2.27. The predicted octanol–water partition coefficient (Wildman–Crippen LogP) is 1.16. The van der Waals surface area contributed by atoms with E-state index in [0.717, 1.165) is 45.4 Å². The maximum atomic E-state index is 11.9. The highest BCUT2D eigenvalue weighted by Gasteiger charge is 2.15. The zero-order valence-electron chi connectivity index (χ0n) is 10.2. The first-order valence-corrected chi connectivity index (χ1v) is 6.46. The molecule has 1 aliphatic rings. The van der Waals surface area contributed by atoms with Crippen LogP contribution in [0, 0.1) is 0 Å². The van der Waals surface area contributed by atoms with Gasteiger partial charge in [0.2, 0.25) is 5.91 Å². The minimum Gasteiger partial charge on any atom is -0.367 e. The average molecular weight is 235 g/mol. The van der Waals surface area contributed by atoms with Crippen molar-refractivity contribution in [1.82, 2.24) is 15.2 Å². The summed E-state index contributed by atoms with van der Waals surface area (Å²) in [6, 6.07) is 2.10. The van der Waals surface area contributed by atoms with Crippen molar-refractivity contribution in [3.05, 3.63) is 24.0 Å². The van der Waals surface area contributed by atoms with Crippen molar-refractivity contribution >= 4 is 5.91 Å². The number of hydrogen-bond donors (Lipinski definition) is 2. The fraction of sp³-hybridized carbons (Fsp3) is 0.615. The molecule has 2 N–H and O–H groups in total. The molecule has 0 atom stereocenters. The Morgan fingerprint density at radius 1 is 1.29 bits per heavy atom. The molecule has 0 aliphatic carbocycles. The summed E-state index contributed by atoms with van der Waals surface area (Å²) >= 11 is 0. The Morgan fingerprint density at radius 3 is 2.82 bits per heavy atom. The Balaban J connectivity index is 1.59. The molecular weight excluding hydrogens is 214 g/mol. The van der Waals surface area contributed by atoms with Crippen molar-refractivity contribution in [2.75, 3.05) is 26.2 Å². The van der Waals surface area contributed by atoms with E-state index in [1.165, 1.54) is 5.56 Å². The summed E-state index contributed by atoms with van der Waals surface area (Å²) in [6.07, 6.45) is 7.83. The Morgan fingerprint density at radius 2 is 2.12 bits per heavy atom. The molecule has 0 aromatic carbocycles. The number of unbranched alkanes of at least 4 members (excludes halogenated alkanes) is 1. The third-order valence-electron chi connectivity index (χ3n) is 3.24. The van der Waals surface area contributed by atoms with Crippen LogP contribution in [0.25, 0.3) is 0 Å². The van der Waals surface area contributed by atoms with E-state index in [2.05, 4.69) is 16.4 Å². The number of nitrogens with zero attached hydrogens (tertiary/aromatic N) is 1. The van der Waals surface area contributed by atoms with Gasteiger partial charge in [-0.25, -0.2) is 0 Å². The summed E-state index contributed by atoms with van der Waals surface area (Å²) < 4.78 is 0. The van der Waals surface area contributed by atoms with E-state index in [1.807, 2.05) is 17.3 Å². The highest BCUT2D eigenvalue weighted by atomic mass is 16.2. The van der Waals surface area contributed by atoms with Crippen LogP contribution >= 0.6 is 0 Å². The third kappa shape index (κ3) is 3.89. The average Bonchev–Trinajstić information content (AvgIpc) is 2.88. The highest BCUT2D eigenvalue weighted by molar-refractivity contribution is 5.76. The van der Waals surface area contributed by atoms with E-state index in [9.17, 15) is 4.79 Å². The second-order valence-corrected chi connectivity index (χ2v) is 4.56. The molecule has 0 bridgehead atoms. The van der Waals surface area contributed by atoms with Gasteiger partial charge in [-0.3, -0.25) is 4.79 Å². The molecular formula is C13H21N3O. The van der Waals surface area contributed by atoms with Crippen LogP contribution in [0.15, 0.2) is 18.5 Å². The maximum absolute atomic E-state index is 11.9. The number of carbonyl (C=O) groups excluding carboxylic acids is 1. The quantitative estimate of drug-likeness (QED) is 0.752. The van der Waals surface area contributed by atoms with Crippen LogP contribution in [0.3, 0.4) is 0 Å². The van der Waals surface area contributed by atoms with Gasteiger partial charge in [-0.05, 0) is 30.9 Å². The smallest absolute Gasteiger partial charge is 0.222 e. The number of aromatic nitrogens is 1. The number of aryl methyl sites for hydroxylation is 1. The molecule has 1 amide bonds. The molecule has 1 fully saturated rings. The minimum absolute atomic E-state index is 0.320. The fourth-order valence-electron chi connectivity index (χ4n) is 2.19. The molecule has 0 saturated carbocycles. The number of carbonyl (C=O) groups is 1. The lowest BCUT2D eigenvalue weighted by atomic mass is 10.1. The van der Waals surface area contributed by atoms with Gasteiger partial charge in [-0.15, -0.1) is 0 Å². The number of hydrogen-bond acceptors (Lipinski definition) is 2. The van der Waals surface area contributed by atoms with E-state index in [-0.39, 0.29) is 0 Å². The molecule has 4 heteroatoms. The molecule has 1 aliphatic heterocycles. The van der Waals surface area contributed by atoms with Gasteiger partial charge in [0.25, 0.3) is 0 Å². The second kappa shape index (κ2) is 6.45. The van der Waals surface area contributed by atoms with E-state index < -0.39 is 0 Å². The zero-order chi connectivity index (χ0) is 11.9. The van der Waals surface area contributed by atoms with Crippen molar-refractivity contribution < 1.29 is 4.79 Å². The van der Waals surface area contributed by atoms with Crippen molar-refractivity contribution in [3.63, 3.8) is 0 Å². The van der Waals surface area contributed by atoms with Crippen molar-refractivity contribution in [2.24, 2.45) is 0 Å². The monoisotopic (exact) mass is 235 g/mol.